The summed E-state index contributed by atoms with van der Waals surface area (Å²) in [6.07, 6.45) is 4.15. The van der Waals surface area contributed by atoms with Gasteiger partial charge in [-0.2, -0.15) is 0 Å². The van der Waals surface area contributed by atoms with Gasteiger partial charge in [0.2, 0.25) is 0 Å². The largest absolute Gasteiger partial charge is 0.354 e. The maximum atomic E-state index is 15.0. The number of hydrogen-bond donors (Lipinski definition) is 2. The van der Waals surface area contributed by atoms with E-state index in [2.05, 4.69) is 166 Å². The van der Waals surface area contributed by atoms with Crippen LogP contribution in [0.3, 0.4) is 0 Å². The number of H-pyrrole nitrogens is 2. The summed E-state index contributed by atoms with van der Waals surface area (Å²) in [7, 11) is 0. The standard InChI is InChI=1S/C62H58N4O2/c1-59(2,3)35-27-33(28-36(31-35)60(4,5)6)49-43-21-22-44(63-43)50(34-29-37(61(7,8)9)32-38(30-34)62(10,11)12)46-24-26-48(65-46)52-40-18-14-16-20-42(40)58(68)54-53-55(66-56(52)54)51(47-25-23-45(49)64-47)39-17-13-15-19-41(39)57(53)67/h13-32,63-64H,1-12H3. The Hall–Kier alpha value is -7.18. The molecule has 6 heteroatoms. The molecule has 68 heavy (non-hydrogen) atoms. The Morgan fingerprint density at radius 1 is 0.368 bits per heavy atom. The molecule has 3 aromatic heterocycles. The molecule has 8 bridgehead atoms. The Kier molecular flexibility index (Phi) is 9.35. The topological polar surface area (TPSA) is 91.5 Å². The van der Waals surface area contributed by atoms with E-state index < -0.39 is 0 Å². The van der Waals surface area contributed by atoms with Crippen molar-refractivity contribution in [2.75, 3.05) is 0 Å². The molecule has 11 rings (SSSR count). The minimum atomic E-state index is -0.208. The van der Waals surface area contributed by atoms with Gasteiger partial charge in [-0.25, -0.2) is 9.97 Å². The van der Waals surface area contributed by atoms with E-state index in [1.165, 1.54) is 22.3 Å². The minimum Gasteiger partial charge on any atom is -0.354 e. The van der Waals surface area contributed by atoms with Gasteiger partial charge in [0.1, 0.15) is 0 Å². The maximum Gasteiger partial charge on any atom is 0.196 e. The molecule has 0 radical (unpaired) electrons. The average molecular weight is 891 g/mol. The van der Waals surface area contributed by atoms with Gasteiger partial charge in [-0.1, -0.05) is 168 Å². The van der Waals surface area contributed by atoms with Crippen molar-refractivity contribution >= 4 is 66.5 Å². The summed E-state index contributed by atoms with van der Waals surface area (Å²) in [5, 5.41) is 4.11. The summed E-state index contributed by atoms with van der Waals surface area (Å²) in [6.45, 7) is 27.3. The summed E-state index contributed by atoms with van der Waals surface area (Å²) < 4.78 is 0. The first-order valence-corrected chi connectivity index (χ1v) is 23.9. The predicted molar refractivity (Wildman–Crippen MR) is 287 cm³/mol. The number of aromatic amines is 2. The Labute approximate surface area is 397 Å². The summed E-state index contributed by atoms with van der Waals surface area (Å²) in [4.78, 5) is 48.8. The van der Waals surface area contributed by atoms with Crippen molar-refractivity contribution in [2.24, 2.45) is 0 Å². The molecule has 0 atom stereocenters. The second-order valence-electron chi connectivity index (χ2n) is 23.2. The molecule has 4 aliphatic rings. The fourth-order valence-electron chi connectivity index (χ4n) is 10.3. The molecule has 0 spiro atoms. The average Bonchev–Trinajstić information content (AvgIpc) is 4.11. The molecule has 0 fully saturated rings. The van der Waals surface area contributed by atoms with Crippen molar-refractivity contribution in [3.63, 3.8) is 0 Å². The molecule has 2 N–H and O–H groups in total. The van der Waals surface area contributed by atoms with E-state index in [-0.39, 0.29) is 32.5 Å². The van der Waals surface area contributed by atoms with Crippen LogP contribution in [-0.4, -0.2) is 19.9 Å². The molecule has 0 unspecified atom stereocenters. The first-order valence-electron chi connectivity index (χ1n) is 23.9. The van der Waals surface area contributed by atoms with Crippen LogP contribution in [0.15, 0.2) is 119 Å². The van der Waals surface area contributed by atoms with Gasteiger partial charge >= 0.3 is 0 Å². The summed E-state index contributed by atoms with van der Waals surface area (Å²) in [5.41, 5.74) is 14.9. The van der Waals surface area contributed by atoms with Gasteiger partial charge in [-0.15, -0.1) is 0 Å². The van der Waals surface area contributed by atoms with Crippen LogP contribution in [-0.2, 0) is 21.7 Å². The lowest BCUT2D eigenvalue weighted by Gasteiger charge is -2.26. The van der Waals surface area contributed by atoms with Gasteiger partial charge in [0, 0.05) is 54.7 Å². The maximum absolute atomic E-state index is 15.0. The number of nitrogens with one attached hydrogen (secondary N) is 2. The fourth-order valence-corrected chi connectivity index (χ4v) is 10.3. The molecule has 338 valence electrons. The van der Waals surface area contributed by atoms with E-state index in [9.17, 15) is 9.59 Å². The smallest absolute Gasteiger partial charge is 0.196 e. The normalized spacial score (nSPS) is 13.4. The molecule has 0 saturated heterocycles. The summed E-state index contributed by atoms with van der Waals surface area (Å²) in [6, 6.07) is 38.1. The molecule has 0 amide bonds. The highest BCUT2D eigenvalue weighted by Crippen LogP contribution is 2.46. The quantitative estimate of drug-likeness (QED) is 0.181. The number of fused-ring (bicyclic) bond motifs is 13. The van der Waals surface area contributed by atoms with Crippen LogP contribution in [0.5, 0.6) is 0 Å². The Bertz CT molecular complexity index is 3870. The van der Waals surface area contributed by atoms with Crippen molar-refractivity contribution in [1.82, 2.24) is 19.9 Å². The van der Waals surface area contributed by atoms with Gasteiger partial charge in [0.25, 0.3) is 0 Å². The van der Waals surface area contributed by atoms with E-state index in [0.29, 0.717) is 39.0 Å². The zero-order valence-corrected chi connectivity index (χ0v) is 41.3. The van der Waals surface area contributed by atoms with E-state index in [4.69, 9.17) is 9.97 Å². The zero-order valence-electron chi connectivity index (χ0n) is 41.3. The molecule has 2 aliphatic heterocycles. The van der Waals surface area contributed by atoms with E-state index in [1.807, 2.05) is 48.5 Å². The second kappa shape index (κ2) is 14.7. The van der Waals surface area contributed by atoms with E-state index in [1.54, 1.807) is 0 Å². The number of rotatable bonds is 2. The van der Waals surface area contributed by atoms with Crippen LogP contribution in [0.4, 0.5) is 0 Å². The van der Waals surface area contributed by atoms with E-state index in [0.717, 1.165) is 71.6 Å². The third-order valence-electron chi connectivity index (χ3n) is 14.3. The SMILES string of the molecule is CC(C)(C)c1cc(-c2c3nc(c4c5nc6c(c7ccc([nH]7)c(-c7cc(C(C)(C)C)cc(C(C)(C)C)c7)c7ccc2[nH]7)c2ccccc2c(=O)c-6c-5c(=O)c2ccccc42)C=C3)cc(C(C)(C)C)c1. The van der Waals surface area contributed by atoms with Crippen LogP contribution in [0.1, 0.15) is 117 Å². The molecule has 2 aliphatic carbocycles. The first-order chi connectivity index (χ1) is 32.1. The van der Waals surface area contributed by atoms with Gasteiger partial charge in [-0.3, -0.25) is 9.59 Å². The third kappa shape index (κ3) is 6.82. The van der Waals surface area contributed by atoms with Crippen LogP contribution in [0, 0.1) is 0 Å². The second-order valence-corrected chi connectivity index (χ2v) is 23.2. The van der Waals surface area contributed by atoms with Crippen molar-refractivity contribution in [3.05, 3.63) is 163 Å². The molecule has 0 saturated carbocycles. The highest BCUT2D eigenvalue weighted by Gasteiger charge is 2.32. The molecular weight excluding hydrogens is 833 g/mol. The molecule has 6 nitrogen and oxygen atoms in total. The van der Waals surface area contributed by atoms with Gasteiger partial charge in [0.05, 0.1) is 33.9 Å². The lowest BCUT2D eigenvalue weighted by atomic mass is 9.79. The van der Waals surface area contributed by atoms with Crippen LogP contribution < -0.4 is 10.9 Å². The molecule has 5 heterocycles. The molecular formula is C62H58N4O2. The zero-order chi connectivity index (χ0) is 48.0. The highest BCUT2D eigenvalue weighted by atomic mass is 16.1. The van der Waals surface area contributed by atoms with Gasteiger partial charge < -0.3 is 9.97 Å². The monoisotopic (exact) mass is 890 g/mol. The predicted octanol–water partition coefficient (Wildman–Crippen LogP) is 15.4. The van der Waals surface area contributed by atoms with Gasteiger partial charge in [-0.05, 0) is 102 Å². The molecule has 7 aromatic rings. The van der Waals surface area contributed by atoms with Crippen molar-refractivity contribution in [2.45, 2.75) is 105 Å². The third-order valence-corrected chi connectivity index (χ3v) is 14.3. The lowest BCUT2D eigenvalue weighted by Crippen LogP contribution is -2.16. The highest BCUT2D eigenvalue weighted by molar-refractivity contribution is 6.20. The van der Waals surface area contributed by atoms with Crippen molar-refractivity contribution in [1.29, 1.82) is 0 Å². The van der Waals surface area contributed by atoms with Crippen LogP contribution in [0.25, 0.3) is 111 Å². The van der Waals surface area contributed by atoms with Gasteiger partial charge in [0.15, 0.2) is 10.9 Å². The number of aromatic nitrogens is 4. The minimum absolute atomic E-state index is 0.123. The number of hydrogen-bond acceptors (Lipinski definition) is 4. The molecule has 4 aromatic carbocycles. The van der Waals surface area contributed by atoms with E-state index >= 15 is 0 Å². The number of benzene rings is 6. The number of nitrogens with zero attached hydrogens (tertiary/aromatic N) is 2. The Morgan fingerprint density at radius 3 is 1.21 bits per heavy atom. The van der Waals surface area contributed by atoms with Crippen LogP contribution >= 0.6 is 0 Å². The summed E-state index contributed by atoms with van der Waals surface area (Å²) >= 11 is 0. The fraction of sp³-hybridized carbons (Fsp3) is 0.258. The Morgan fingerprint density at radius 2 is 0.735 bits per heavy atom. The van der Waals surface area contributed by atoms with Crippen LogP contribution in [0.2, 0.25) is 0 Å². The lowest BCUT2D eigenvalue weighted by molar-refractivity contribution is 0.568. The Balaban J connectivity index is 1.41. The summed E-state index contributed by atoms with van der Waals surface area (Å²) in [5.74, 6) is 0. The van der Waals surface area contributed by atoms with Crippen molar-refractivity contribution < 1.29 is 0 Å². The van der Waals surface area contributed by atoms with Crippen molar-refractivity contribution in [3.8, 4) is 44.8 Å². The first kappa shape index (κ1) is 43.4.